The Morgan fingerprint density at radius 2 is 1.96 bits per heavy atom. The Hall–Kier alpha value is -3.27. The van der Waals surface area contributed by atoms with Gasteiger partial charge in [-0.05, 0) is 31.2 Å². The van der Waals surface area contributed by atoms with Crippen molar-refractivity contribution < 1.29 is 23.9 Å². The Bertz CT molecular complexity index is 1120. The predicted octanol–water partition coefficient (Wildman–Crippen LogP) is 1.62. The van der Waals surface area contributed by atoms with Crippen LogP contribution in [-0.2, 0) is 27.4 Å². The average molecular weight is 402 g/mol. The Balaban J connectivity index is 2.16. The normalized spacial score (nSPS) is 11.6. The van der Waals surface area contributed by atoms with Gasteiger partial charge in [-0.25, -0.2) is 4.79 Å². The molecule has 0 radical (unpaired) electrons. The maximum Gasteiger partial charge on any atom is 0.337 e. The third-order valence-corrected chi connectivity index (χ3v) is 5.09. The van der Waals surface area contributed by atoms with E-state index >= 15 is 0 Å². The molecule has 3 rings (SSSR count). The van der Waals surface area contributed by atoms with E-state index in [1.54, 1.807) is 33.5 Å². The molecule has 1 amide bonds. The van der Waals surface area contributed by atoms with Gasteiger partial charge in [0.2, 0.25) is 0 Å². The minimum Gasteiger partial charge on any atom is -0.468 e. The van der Waals surface area contributed by atoms with Crippen LogP contribution in [0.5, 0.6) is 0 Å². The van der Waals surface area contributed by atoms with E-state index in [1.807, 2.05) is 6.92 Å². The fourth-order valence-electron chi connectivity index (χ4n) is 2.66. The molecule has 0 atom stereocenters. The fourth-order valence-corrected chi connectivity index (χ4v) is 3.73. The minimum absolute atomic E-state index is 0.118. The van der Waals surface area contributed by atoms with Crippen molar-refractivity contribution >= 4 is 39.4 Å². The molecule has 0 saturated carbocycles. The number of methoxy groups -OCH3 is 2. The highest BCUT2D eigenvalue weighted by Gasteiger charge is 2.16. The topological polar surface area (TPSA) is 105 Å². The quantitative estimate of drug-likeness (QED) is 0.601. The number of hydrogen-bond donors (Lipinski definition) is 0. The number of benzene rings is 1. The van der Waals surface area contributed by atoms with Gasteiger partial charge >= 0.3 is 11.9 Å². The number of ether oxygens (including phenoxy) is 2. The molecule has 10 heteroatoms. The highest BCUT2D eigenvalue weighted by atomic mass is 32.1. The SMILES string of the molecule is CCn1nccc1C(=O)N=c1sc2cc(C(=O)OC)ccc2n1CC(=O)OC. The third kappa shape index (κ3) is 3.72. The van der Waals surface area contributed by atoms with E-state index in [0.717, 1.165) is 0 Å². The van der Waals surface area contributed by atoms with Crippen LogP contribution in [0.15, 0.2) is 35.5 Å². The van der Waals surface area contributed by atoms with E-state index in [-0.39, 0.29) is 6.54 Å². The lowest BCUT2D eigenvalue weighted by atomic mass is 10.2. The monoisotopic (exact) mass is 402 g/mol. The van der Waals surface area contributed by atoms with Gasteiger partial charge < -0.3 is 14.0 Å². The summed E-state index contributed by atoms with van der Waals surface area (Å²) >= 11 is 1.19. The molecule has 2 aromatic heterocycles. The van der Waals surface area contributed by atoms with Crippen molar-refractivity contribution in [3.8, 4) is 0 Å². The number of aromatic nitrogens is 3. The summed E-state index contributed by atoms with van der Waals surface area (Å²) in [5, 5.41) is 4.07. The molecule has 0 saturated heterocycles. The van der Waals surface area contributed by atoms with Crippen LogP contribution in [0, 0.1) is 0 Å². The highest BCUT2D eigenvalue weighted by molar-refractivity contribution is 7.16. The number of amides is 1. The molecule has 0 N–H and O–H groups in total. The van der Waals surface area contributed by atoms with Gasteiger partial charge in [0.05, 0.1) is 30.0 Å². The summed E-state index contributed by atoms with van der Waals surface area (Å²) in [5.74, 6) is -1.43. The zero-order valence-corrected chi connectivity index (χ0v) is 16.4. The molecule has 0 aliphatic carbocycles. The summed E-state index contributed by atoms with van der Waals surface area (Å²) < 4.78 is 13.3. The lowest BCUT2D eigenvalue weighted by Crippen LogP contribution is -2.23. The molecular weight excluding hydrogens is 384 g/mol. The first-order chi connectivity index (χ1) is 13.5. The molecule has 0 unspecified atom stereocenters. The van der Waals surface area contributed by atoms with Crippen molar-refractivity contribution in [3.63, 3.8) is 0 Å². The van der Waals surface area contributed by atoms with Crippen molar-refractivity contribution in [1.29, 1.82) is 0 Å². The van der Waals surface area contributed by atoms with Crippen molar-refractivity contribution in [1.82, 2.24) is 14.3 Å². The van der Waals surface area contributed by atoms with Gasteiger partial charge in [-0.3, -0.25) is 14.3 Å². The van der Waals surface area contributed by atoms with Crippen molar-refractivity contribution in [2.45, 2.75) is 20.0 Å². The number of rotatable bonds is 5. The first-order valence-corrected chi connectivity index (χ1v) is 9.19. The second-order valence-corrected chi connectivity index (χ2v) is 6.68. The summed E-state index contributed by atoms with van der Waals surface area (Å²) in [5.41, 5.74) is 1.36. The minimum atomic E-state index is -0.482. The summed E-state index contributed by atoms with van der Waals surface area (Å²) in [4.78, 5) is 40.8. The molecule has 28 heavy (non-hydrogen) atoms. The predicted molar refractivity (Wildman–Crippen MR) is 101 cm³/mol. The van der Waals surface area contributed by atoms with E-state index in [1.165, 1.54) is 31.8 Å². The number of hydrogen-bond acceptors (Lipinski definition) is 7. The van der Waals surface area contributed by atoms with Crippen LogP contribution in [0.3, 0.4) is 0 Å². The number of carbonyl (C=O) groups excluding carboxylic acids is 3. The van der Waals surface area contributed by atoms with Crippen LogP contribution in [0.25, 0.3) is 10.2 Å². The molecule has 0 fully saturated rings. The molecule has 9 nitrogen and oxygen atoms in total. The van der Waals surface area contributed by atoms with E-state index in [9.17, 15) is 14.4 Å². The Morgan fingerprint density at radius 1 is 1.18 bits per heavy atom. The van der Waals surface area contributed by atoms with Crippen LogP contribution in [0.4, 0.5) is 0 Å². The van der Waals surface area contributed by atoms with Crippen molar-refractivity contribution in [2.75, 3.05) is 14.2 Å². The average Bonchev–Trinajstić information content (AvgIpc) is 3.31. The molecule has 3 aromatic rings. The standard InChI is InChI=1S/C18H18N4O5S/c1-4-22-13(7-8-19-22)16(24)20-18-21(10-15(23)26-2)12-6-5-11(17(25)27-3)9-14(12)28-18/h5-9H,4,10H2,1-3H3. The lowest BCUT2D eigenvalue weighted by Gasteiger charge is -2.04. The highest BCUT2D eigenvalue weighted by Crippen LogP contribution is 2.20. The maximum atomic E-state index is 12.6. The molecular formula is C18H18N4O5S. The zero-order valence-electron chi connectivity index (χ0n) is 15.5. The zero-order chi connectivity index (χ0) is 20.3. The van der Waals surface area contributed by atoms with Gasteiger partial charge in [-0.1, -0.05) is 11.3 Å². The molecule has 2 heterocycles. The van der Waals surface area contributed by atoms with Crippen LogP contribution >= 0.6 is 11.3 Å². The second-order valence-electron chi connectivity index (χ2n) is 5.67. The molecule has 0 aliphatic heterocycles. The first-order valence-electron chi connectivity index (χ1n) is 8.37. The number of nitrogens with zero attached hydrogens (tertiary/aromatic N) is 4. The Morgan fingerprint density at radius 3 is 2.64 bits per heavy atom. The number of carbonyl (C=O) groups is 3. The van der Waals surface area contributed by atoms with Gasteiger partial charge in [0, 0.05) is 12.7 Å². The van der Waals surface area contributed by atoms with E-state index < -0.39 is 17.8 Å². The lowest BCUT2D eigenvalue weighted by molar-refractivity contribution is -0.141. The number of aryl methyl sites for hydroxylation is 1. The number of thiazole rings is 1. The summed E-state index contributed by atoms with van der Waals surface area (Å²) in [6.07, 6.45) is 1.53. The van der Waals surface area contributed by atoms with E-state index in [4.69, 9.17) is 9.47 Å². The Labute approximate surface area is 163 Å². The molecule has 1 aromatic carbocycles. The van der Waals surface area contributed by atoms with Gasteiger partial charge in [0.25, 0.3) is 5.91 Å². The molecule has 146 valence electrons. The maximum absolute atomic E-state index is 12.6. The summed E-state index contributed by atoms with van der Waals surface area (Å²) in [7, 11) is 2.59. The Kier molecular flexibility index (Phi) is 5.69. The third-order valence-electron chi connectivity index (χ3n) is 4.05. The van der Waals surface area contributed by atoms with Crippen LogP contribution in [0.1, 0.15) is 27.8 Å². The smallest absolute Gasteiger partial charge is 0.337 e. The largest absolute Gasteiger partial charge is 0.468 e. The van der Waals surface area contributed by atoms with E-state index in [0.29, 0.717) is 32.8 Å². The summed E-state index contributed by atoms with van der Waals surface area (Å²) in [6, 6.07) is 6.50. The molecule has 0 bridgehead atoms. The van der Waals surface area contributed by atoms with Gasteiger partial charge in [-0.15, -0.1) is 0 Å². The first kappa shape index (κ1) is 19.5. The van der Waals surface area contributed by atoms with Gasteiger partial charge in [0.15, 0.2) is 4.80 Å². The number of fused-ring (bicyclic) bond motifs is 1. The fraction of sp³-hybridized carbons (Fsp3) is 0.278. The second kappa shape index (κ2) is 8.17. The van der Waals surface area contributed by atoms with Crippen molar-refractivity contribution in [3.05, 3.63) is 46.5 Å². The molecule has 0 aliphatic rings. The number of esters is 2. The molecule has 0 spiro atoms. The van der Waals surface area contributed by atoms with Crippen LogP contribution in [-0.4, -0.2) is 46.4 Å². The van der Waals surface area contributed by atoms with E-state index in [2.05, 4.69) is 10.1 Å². The van der Waals surface area contributed by atoms with Gasteiger partial charge in [-0.2, -0.15) is 10.1 Å². The van der Waals surface area contributed by atoms with Crippen LogP contribution < -0.4 is 4.80 Å². The van der Waals surface area contributed by atoms with Crippen molar-refractivity contribution in [2.24, 2.45) is 4.99 Å². The van der Waals surface area contributed by atoms with Crippen LogP contribution in [0.2, 0.25) is 0 Å². The summed E-state index contributed by atoms with van der Waals surface area (Å²) in [6.45, 7) is 2.28. The van der Waals surface area contributed by atoms with Gasteiger partial charge in [0.1, 0.15) is 12.2 Å².